The summed E-state index contributed by atoms with van der Waals surface area (Å²) in [5.74, 6) is -0.236. The van der Waals surface area contributed by atoms with Crippen LogP contribution in [0, 0.1) is 0 Å². The molecule has 0 saturated heterocycles. The Labute approximate surface area is 157 Å². The Bertz CT molecular complexity index is 917. The molecule has 3 rings (SSSR count). The van der Waals surface area contributed by atoms with Gasteiger partial charge >= 0.3 is 0 Å². The van der Waals surface area contributed by atoms with Gasteiger partial charge in [-0.2, -0.15) is 0 Å². The number of carbonyl (C=O) groups is 2. The van der Waals surface area contributed by atoms with Gasteiger partial charge < -0.3 is 10.6 Å². The zero-order valence-electron chi connectivity index (χ0n) is 14.2. The number of hydrogen-bond acceptors (Lipinski definition) is 2. The molecule has 0 aliphatic rings. The van der Waals surface area contributed by atoms with E-state index in [1.165, 1.54) is 0 Å². The molecule has 0 atom stereocenters. The predicted molar refractivity (Wildman–Crippen MR) is 104 cm³/mol. The fourth-order valence-electron chi connectivity index (χ4n) is 2.75. The highest BCUT2D eigenvalue weighted by atomic mass is 35.5. The molecule has 4 nitrogen and oxygen atoms in total. The lowest BCUT2D eigenvalue weighted by Gasteiger charge is -2.09. The molecule has 0 aromatic heterocycles. The van der Waals surface area contributed by atoms with Gasteiger partial charge in [-0.05, 0) is 34.5 Å². The van der Waals surface area contributed by atoms with Crippen LogP contribution in [0.3, 0.4) is 0 Å². The lowest BCUT2D eigenvalue weighted by Crippen LogP contribution is -2.35. The maximum atomic E-state index is 12.4. The lowest BCUT2D eigenvalue weighted by molar-refractivity contribution is -0.120. The number of carbonyl (C=O) groups excluding carboxylic acids is 2. The minimum atomic E-state index is -0.145. The van der Waals surface area contributed by atoms with Crippen LogP contribution in [0.4, 0.5) is 0 Å². The maximum absolute atomic E-state index is 12.4. The molecule has 0 aliphatic heterocycles. The first-order valence-corrected chi connectivity index (χ1v) is 8.78. The molecular weight excluding hydrogens is 348 g/mol. The predicted octanol–water partition coefficient (Wildman–Crippen LogP) is 3.58. The van der Waals surface area contributed by atoms with Crippen molar-refractivity contribution in [3.63, 3.8) is 0 Å². The Kier molecular flexibility index (Phi) is 5.87. The van der Waals surface area contributed by atoms with Crippen LogP contribution in [0.2, 0.25) is 5.02 Å². The van der Waals surface area contributed by atoms with Crippen molar-refractivity contribution < 1.29 is 9.59 Å². The van der Waals surface area contributed by atoms with E-state index in [2.05, 4.69) is 10.6 Å². The summed E-state index contributed by atoms with van der Waals surface area (Å²) in [5, 5.41) is 8.23. The molecule has 0 heterocycles. The standard InChI is InChI=1S/C21H19ClN2O2/c22-17-10-8-15(9-11-17)14-20(25)23-12-13-24-21(26)19-7-3-5-16-4-1-2-6-18(16)19/h1-11H,12-14H2,(H,23,25)(H,24,26). The molecule has 5 heteroatoms. The number of halogens is 1. The Morgan fingerprint density at radius 1 is 0.808 bits per heavy atom. The monoisotopic (exact) mass is 366 g/mol. The third-order valence-corrected chi connectivity index (χ3v) is 4.30. The molecule has 0 radical (unpaired) electrons. The highest BCUT2D eigenvalue weighted by Gasteiger charge is 2.09. The van der Waals surface area contributed by atoms with Gasteiger partial charge in [0.25, 0.3) is 5.91 Å². The summed E-state index contributed by atoms with van der Waals surface area (Å²) < 4.78 is 0. The van der Waals surface area contributed by atoms with Crippen molar-refractivity contribution in [2.75, 3.05) is 13.1 Å². The Hall–Kier alpha value is -2.85. The van der Waals surface area contributed by atoms with Gasteiger partial charge in [0.1, 0.15) is 0 Å². The van der Waals surface area contributed by atoms with Crippen LogP contribution < -0.4 is 10.6 Å². The lowest BCUT2D eigenvalue weighted by atomic mass is 10.0. The van der Waals surface area contributed by atoms with Crippen molar-refractivity contribution in [2.45, 2.75) is 6.42 Å². The molecular formula is C21H19ClN2O2. The van der Waals surface area contributed by atoms with E-state index in [1.807, 2.05) is 48.5 Å². The van der Waals surface area contributed by atoms with Crippen molar-refractivity contribution in [2.24, 2.45) is 0 Å². The molecule has 2 amide bonds. The van der Waals surface area contributed by atoms with Crippen molar-refractivity contribution in [3.05, 3.63) is 82.9 Å². The number of amides is 2. The first-order chi connectivity index (χ1) is 12.6. The summed E-state index contributed by atoms with van der Waals surface area (Å²) >= 11 is 5.83. The van der Waals surface area contributed by atoms with Crippen LogP contribution in [0.5, 0.6) is 0 Å². The van der Waals surface area contributed by atoms with E-state index in [4.69, 9.17) is 11.6 Å². The first kappa shape index (κ1) is 18.0. The smallest absolute Gasteiger partial charge is 0.251 e. The summed E-state index contributed by atoms with van der Waals surface area (Å²) in [6.45, 7) is 0.747. The van der Waals surface area contributed by atoms with E-state index in [1.54, 1.807) is 18.2 Å². The maximum Gasteiger partial charge on any atom is 0.251 e. The number of rotatable bonds is 6. The first-order valence-electron chi connectivity index (χ1n) is 8.40. The third kappa shape index (κ3) is 4.61. The summed E-state index contributed by atoms with van der Waals surface area (Å²) in [6.07, 6.45) is 0.286. The van der Waals surface area contributed by atoms with Gasteiger partial charge in [-0.15, -0.1) is 0 Å². The van der Waals surface area contributed by atoms with Crippen LogP contribution in [0.1, 0.15) is 15.9 Å². The van der Waals surface area contributed by atoms with Crippen LogP contribution in [-0.4, -0.2) is 24.9 Å². The van der Waals surface area contributed by atoms with Crippen LogP contribution in [0.25, 0.3) is 10.8 Å². The van der Waals surface area contributed by atoms with Gasteiger partial charge in [0.05, 0.1) is 6.42 Å². The molecule has 3 aromatic rings. The van der Waals surface area contributed by atoms with E-state index in [9.17, 15) is 9.59 Å². The van der Waals surface area contributed by atoms with E-state index in [-0.39, 0.29) is 18.2 Å². The minimum absolute atomic E-state index is 0.0910. The Balaban J connectivity index is 1.48. The van der Waals surface area contributed by atoms with Gasteiger partial charge in [-0.3, -0.25) is 9.59 Å². The number of benzene rings is 3. The molecule has 2 N–H and O–H groups in total. The van der Waals surface area contributed by atoms with Gasteiger partial charge in [-0.25, -0.2) is 0 Å². The summed E-state index contributed by atoms with van der Waals surface area (Å²) in [5.41, 5.74) is 1.53. The van der Waals surface area contributed by atoms with Crippen molar-refractivity contribution >= 4 is 34.2 Å². The normalized spacial score (nSPS) is 10.5. The summed E-state index contributed by atoms with van der Waals surface area (Å²) in [7, 11) is 0. The molecule has 132 valence electrons. The van der Waals surface area contributed by atoms with E-state index < -0.39 is 0 Å². The number of fused-ring (bicyclic) bond motifs is 1. The fraction of sp³-hybridized carbons (Fsp3) is 0.143. The molecule has 0 unspecified atom stereocenters. The average Bonchev–Trinajstić information content (AvgIpc) is 2.66. The zero-order chi connectivity index (χ0) is 18.4. The van der Waals surface area contributed by atoms with Gasteiger partial charge in [0, 0.05) is 23.7 Å². The molecule has 26 heavy (non-hydrogen) atoms. The van der Waals surface area contributed by atoms with Crippen molar-refractivity contribution in [1.82, 2.24) is 10.6 Å². The third-order valence-electron chi connectivity index (χ3n) is 4.04. The van der Waals surface area contributed by atoms with E-state index in [0.29, 0.717) is 23.7 Å². The van der Waals surface area contributed by atoms with Crippen molar-refractivity contribution in [3.8, 4) is 0 Å². The Morgan fingerprint density at radius 2 is 1.50 bits per heavy atom. The quantitative estimate of drug-likeness (QED) is 0.655. The molecule has 0 bridgehead atoms. The number of hydrogen-bond donors (Lipinski definition) is 2. The molecule has 0 spiro atoms. The second-order valence-electron chi connectivity index (χ2n) is 5.94. The zero-order valence-corrected chi connectivity index (χ0v) is 14.9. The molecule has 0 fully saturated rings. The molecule has 0 aliphatic carbocycles. The second kappa shape index (κ2) is 8.50. The number of nitrogens with one attached hydrogen (secondary N) is 2. The highest BCUT2D eigenvalue weighted by molar-refractivity contribution is 6.30. The molecule has 3 aromatic carbocycles. The highest BCUT2D eigenvalue weighted by Crippen LogP contribution is 2.18. The van der Waals surface area contributed by atoms with Crippen LogP contribution in [-0.2, 0) is 11.2 Å². The largest absolute Gasteiger partial charge is 0.354 e. The van der Waals surface area contributed by atoms with Gasteiger partial charge in [0.15, 0.2) is 0 Å². The van der Waals surface area contributed by atoms with Crippen LogP contribution in [0.15, 0.2) is 66.7 Å². The van der Waals surface area contributed by atoms with Gasteiger partial charge in [0.2, 0.25) is 5.91 Å². The Morgan fingerprint density at radius 3 is 2.31 bits per heavy atom. The fourth-order valence-corrected chi connectivity index (χ4v) is 2.87. The topological polar surface area (TPSA) is 58.2 Å². The minimum Gasteiger partial charge on any atom is -0.354 e. The van der Waals surface area contributed by atoms with Crippen LogP contribution >= 0.6 is 11.6 Å². The summed E-state index contributed by atoms with van der Waals surface area (Å²) in [6, 6.07) is 20.6. The van der Waals surface area contributed by atoms with Crippen molar-refractivity contribution in [1.29, 1.82) is 0 Å². The SMILES string of the molecule is O=C(Cc1ccc(Cl)cc1)NCCNC(=O)c1cccc2ccccc12. The average molecular weight is 367 g/mol. The second-order valence-corrected chi connectivity index (χ2v) is 6.37. The van der Waals surface area contributed by atoms with E-state index in [0.717, 1.165) is 16.3 Å². The van der Waals surface area contributed by atoms with Gasteiger partial charge in [-0.1, -0.05) is 60.1 Å². The van der Waals surface area contributed by atoms with E-state index >= 15 is 0 Å². The summed E-state index contributed by atoms with van der Waals surface area (Å²) in [4.78, 5) is 24.3. The molecule has 0 saturated carbocycles.